The summed E-state index contributed by atoms with van der Waals surface area (Å²) in [5.74, 6) is -2.21. The van der Waals surface area contributed by atoms with Gasteiger partial charge in [0.05, 0.1) is 17.4 Å². The van der Waals surface area contributed by atoms with E-state index in [4.69, 9.17) is 0 Å². The van der Waals surface area contributed by atoms with Gasteiger partial charge in [0.15, 0.2) is 5.69 Å². The number of alkyl halides is 6. The van der Waals surface area contributed by atoms with Gasteiger partial charge >= 0.3 is 12.5 Å². The maximum Gasteiger partial charge on any atom is 0.574 e. The number of nitrogens with zero attached hydrogens (tertiary/aromatic N) is 3. The molecule has 3 aromatic heterocycles. The molecule has 0 saturated heterocycles. The van der Waals surface area contributed by atoms with E-state index >= 15 is 0 Å². The minimum absolute atomic E-state index is 0.101. The van der Waals surface area contributed by atoms with Crippen molar-refractivity contribution in [3.63, 3.8) is 0 Å². The molecular formula is C20H11F6N5O3. The maximum atomic E-state index is 14.0. The number of anilines is 1. The van der Waals surface area contributed by atoms with Gasteiger partial charge in [-0.2, -0.15) is 18.3 Å². The first-order valence-electron chi connectivity index (χ1n) is 9.23. The van der Waals surface area contributed by atoms with E-state index in [2.05, 4.69) is 25.1 Å². The summed E-state index contributed by atoms with van der Waals surface area (Å²) in [7, 11) is 0. The zero-order valence-corrected chi connectivity index (χ0v) is 16.5. The summed E-state index contributed by atoms with van der Waals surface area (Å²) in [6.07, 6.45) is -7.32. The van der Waals surface area contributed by atoms with Gasteiger partial charge in [0.2, 0.25) is 5.88 Å². The summed E-state index contributed by atoms with van der Waals surface area (Å²) in [6, 6.07) is 7.19. The molecule has 1 amide bonds. The minimum atomic E-state index is -5.06. The Hall–Kier alpha value is -4.36. The molecule has 3 heterocycles. The molecule has 4 aromatic rings. The van der Waals surface area contributed by atoms with Gasteiger partial charge in [0.1, 0.15) is 0 Å². The highest BCUT2D eigenvalue weighted by Gasteiger charge is 2.41. The van der Waals surface area contributed by atoms with Crippen LogP contribution in [0.25, 0.3) is 16.5 Å². The van der Waals surface area contributed by atoms with Crippen molar-refractivity contribution in [2.45, 2.75) is 12.5 Å². The number of H-pyrrole nitrogens is 1. The van der Waals surface area contributed by atoms with Crippen molar-refractivity contribution in [1.29, 1.82) is 0 Å². The molecule has 0 aliphatic rings. The molecule has 0 bridgehead atoms. The van der Waals surface area contributed by atoms with Gasteiger partial charge < -0.3 is 15.0 Å². The van der Waals surface area contributed by atoms with Gasteiger partial charge in [-0.3, -0.25) is 9.59 Å². The summed E-state index contributed by atoms with van der Waals surface area (Å²) in [4.78, 5) is 30.4. The molecule has 14 heteroatoms. The molecule has 1 aromatic carbocycles. The number of benzene rings is 1. The lowest BCUT2D eigenvalue weighted by Gasteiger charge is -2.14. The second kappa shape index (κ2) is 8.20. The van der Waals surface area contributed by atoms with Crippen molar-refractivity contribution in [3.8, 4) is 11.6 Å². The van der Waals surface area contributed by atoms with Crippen LogP contribution in [0.15, 0.2) is 59.8 Å². The van der Waals surface area contributed by atoms with Gasteiger partial charge in [0.25, 0.3) is 11.5 Å². The zero-order valence-electron chi connectivity index (χ0n) is 16.5. The highest BCUT2D eigenvalue weighted by molar-refractivity contribution is 6.05. The average molecular weight is 483 g/mol. The van der Waals surface area contributed by atoms with Crippen LogP contribution in [0.1, 0.15) is 16.1 Å². The number of ether oxygens (including phenoxy) is 1. The lowest BCUT2D eigenvalue weighted by molar-refractivity contribution is -0.276. The van der Waals surface area contributed by atoms with Gasteiger partial charge in [-0.05, 0) is 24.3 Å². The van der Waals surface area contributed by atoms with Crippen molar-refractivity contribution in [2.75, 3.05) is 5.32 Å². The number of aromatic nitrogens is 4. The largest absolute Gasteiger partial charge is 0.574 e. The Morgan fingerprint density at radius 1 is 1.06 bits per heavy atom. The summed E-state index contributed by atoms with van der Waals surface area (Å²) >= 11 is 0. The Bertz CT molecular complexity index is 1440. The van der Waals surface area contributed by atoms with E-state index in [1.807, 2.05) is 0 Å². The van der Waals surface area contributed by atoms with E-state index in [1.165, 1.54) is 30.5 Å². The van der Waals surface area contributed by atoms with Gasteiger partial charge in [0, 0.05) is 34.9 Å². The standard InChI is InChI=1S/C20H11F6N5O3/c21-19(22,23)16-13(18(33)30-10-4-6-27-15(8-10)34-20(24,25)26)9-29-31(16)14-3-1-2-12-11(14)5-7-28-17(12)32/h1-9H,(H,28,32)(H,27,30,33). The van der Waals surface area contributed by atoms with Crippen LogP contribution in [-0.2, 0) is 6.18 Å². The third-order valence-corrected chi connectivity index (χ3v) is 4.52. The highest BCUT2D eigenvalue weighted by atomic mass is 19.4. The number of nitrogens with one attached hydrogen (secondary N) is 2. The lowest BCUT2D eigenvalue weighted by Crippen LogP contribution is -2.21. The lowest BCUT2D eigenvalue weighted by atomic mass is 10.1. The van der Waals surface area contributed by atoms with Crippen LogP contribution >= 0.6 is 0 Å². The Kier molecular flexibility index (Phi) is 5.51. The summed E-state index contributed by atoms with van der Waals surface area (Å²) in [5.41, 5.74) is -3.28. The summed E-state index contributed by atoms with van der Waals surface area (Å²) in [6.45, 7) is 0. The fraction of sp³-hybridized carbons (Fsp3) is 0.100. The SMILES string of the molecule is O=C(Nc1ccnc(OC(F)(F)F)c1)c1cnn(-c2cccc3c(=O)[nH]ccc23)c1C(F)(F)F. The van der Waals surface area contributed by atoms with Crippen molar-refractivity contribution in [3.05, 3.63) is 76.6 Å². The van der Waals surface area contributed by atoms with E-state index in [9.17, 15) is 35.9 Å². The Labute approximate surface area is 184 Å². The monoisotopic (exact) mass is 483 g/mol. The van der Waals surface area contributed by atoms with Crippen LogP contribution in [0.3, 0.4) is 0 Å². The second-order valence-corrected chi connectivity index (χ2v) is 6.75. The molecule has 0 spiro atoms. The molecule has 0 aliphatic carbocycles. The molecule has 0 radical (unpaired) electrons. The first-order chi connectivity index (χ1) is 15.9. The predicted octanol–water partition coefficient (Wildman–Crippen LogP) is 4.28. The molecule has 0 aliphatic heterocycles. The molecule has 0 unspecified atom stereocenters. The number of carbonyl (C=O) groups excluding carboxylic acids is 1. The first kappa shape index (κ1) is 22.8. The third kappa shape index (κ3) is 4.55. The van der Waals surface area contributed by atoms with E-state index in [0.717, 1.165) is 12.3 Å². The van der Waals surface area contributed by atoms with Crippen LogP contribution in [0.2, 0.25) is 0 Å². The van der Waals surface area contributed by atoms with Gasteiger partial charge in [-0.25, -0.2) is 9.67 Å². The second-order valence-electron chi connectivity index (χ2n) is 6.75. The van der Waals surface area contributed by atoms with Crippen LogP contribution in [-0.4, -0.2) is 32.0 Å². The third-order valence-electron chi connectivity index (χ3n) is 4.52. The molecule has 0 atom stereocenters. The smallest absolute Gasteiger partial charge is 0.388 e. The predicted molar refractivity (Wildman–Crippen MR) is 106 cm³/mol. The highest BCUT2D eigenvalue weighted by Crippen LogP contribution is 2.35. The Morgan fingerprint density at radius 2 is 1.82 bits per heavy atom. The number of fused-ring (bicyclic) bond motifs is 1. The van der Waals surface area contributed by atoms with E-state index in [0.29, 0.717) is 16.9 Å². The molecule has 0 fully saturated rings. The number of halogens is 6. The molecule has 0 saturated carbocycles. The maximum absolute atomic E-state index is 14.0. The molecule has 2 N–H and O–H groups in total. The molecule has 176 valence electrons. The zero-order chi connectivity index (χ0) is 24.7. The fourth-order valence-electron chi connectivity index (χ4n) is 3.22. The van der Waals surface area contributed by atoms with E-state index in [-0.39, 0.29) is 22.1 Å². The van der Waals surface area contributed by atoms with E-state index < -0.39 is 41.1 Å². The van der Waals surface area contributed by atoms with Crippen molar-refractivity contribution in [1.82, 2.24) is 19.7 Å². The van der Waals surface area contributed by atoms with Gasteiger partial charge in [-0.1, -0.05) is 6.07 Å². The molecule has 4 rings (SSSR count). The normalized spacial score (nSPS) is 12.1. The fourth-order valence-corrected chi connectivity index (χ4v) is 3.22. The number of aromatic amines is 1. The van der Waals surface area contributed by atoms with Crippen molar-refractivity contribution >= 4 is 22.4 Å². The number of carbonyl (C=O) groups is 1. The molecular weight excluding hydrogens is 472 g/mol. The van der Waals surface area contributed by atoms with Crippen LogP contribution in [0, 0.1) is 0 Å². The number of hydrogen-bond donors (Lipinski definition) is 2. The van der Waals surface area contributed by atoms with Crippen molar-refractivity contribution < 1.29 is 35.9 Å². The number of rotatable bonds is 4. The first-order valence-corrected chi connectivity index (χ1v) is 9.23. The topological polar surface area (TPSA) is 102 Å². The number of hydrogen-bond acceptors (Lipinski definition) is 5. The Balaban J connectivity index is 1.76. The number of pyridine rings is 2. The van der Waals surface area contributed by atoms with Crippen LogP contribution in [0.4, 0.5) is 32.0 Å². The summed E-state index contributed by atoms with van der Waals surface area (Å²) < 4.78 is 83.2. The molecule has 34 heavy (non-hydrogen) atoms. The van der Waals surface area contributed by atoms with Crippen molar-refractivity contribution in [2.24, 2.45) is 0 Å². The Morgan fingerprint density at radius 3 is 2.53 bits per heavy atom. The summed E-state index contributed by atoms with van der Waals surface area (Å²) in [5, 5.41) is 6.02. The molecule has 8 nitrogen and oxygen atoms in total. The quantitative estimate of drug-likeness (QED) is 0.422. The average Bonchev–Trinajstić information content (AvgIpc) is 3.18. The number of amides is 1. The van der Waals surface area contributed by atoms with Crippen LogP contribution in [0.5, 0.6) is 5.88 Å². The van der Waals surface area contributed by atoms with Crippen LogP contribution < -0.4 is 15.6 Å². The minimum Gasteiger partial charge on any atom is -0.388 e. The van der Waals surface area contributed by atoms with Gasteiger partial charge in [-0.15, -0.1) is 13.2 Å². The van der Waals surface area contributed by atoms with E-state index in [1.54, 1.807) is 0 Å².